The first kappa shape index (κ1) is 11.7. The molecular formula is C13H21NO2. The van der Waals surface area contributed by atoms with Crippen molar-refractivity contribution in [2.24, 2.45) is 11.8 Å². The van der Waals surface area contributed by atoms with E-state index in [1.54, 1.807) is 0 Å². The van der Waals surface area contributed by atoms with E-state index in [0.29, 0.717) is 5.76 Å². The van der Waals surface area contributed by atoms with Crippen molar-refractivity contribution < 1.29 is 9.52 Å². The van der Waals surface area contributed by atoms with E-state index in [0.717, 1.165) is 37.2 Å². The lowest BCUT2D eigenvalue weighted by Crippen LogP contribution is -2.37. The molecular weight excluding hydrogens is 202 g/mol. The Morgan fingerprint density at radius 2 is 2.06 bits per heavy atom. The zero-order chi connectivity index (χ0) is 11.5. The summed E-state index contributed by atoms with van der Waals surface area (Å²) in [6.45, 7) is 7.82. The highest BCUT2D eigenvalue weighted by atomic mass is 16.4. The zero-order valence-electron chi connectivity index (χ0n) is 10.1. The maximum absolute atomic E-state index is 8.93. The van der Waals surface area contributed by atoms with Gasteiger partial charge < -0.3 is 9.52 Å². The molecule has 2 atom stereocenters. The number of aliphatic hydroxyl groups excluding tert-OH is 1. The van der Waals surface area contributed by atoms with Crippen molar-refractivity contribution in [1.82, 2.24) is 4.90 Å². The molecule has 1 aromatic heterocycles. The highest BCUT2D eigenvalue weighted by Gasteiger charge is 2.23. The largest absolute Gasteiger partial charge is 0.462 e. The van der Waals surface area contributed by atoms with Crippen LogP contribution < -0.4 is 0 Å². The summed E-state index contributed by atoms with van der Waals surface area (Å²) in [5.41, 5.74) is 0. The number of nitrogens with zero attached hydrogens (tertiary/aromatic N) is 1. The van der Waals surface area contributed by atoms with Gasteiger partial charge in [0.1, 0.15) is 18.1 Å². The van der Waals surface area contributed by atoms with Gasteiger partial charge in [-0.25, -0.2) is 0 Å². The predicted octanol–water partition coefficient (Wildman–Crippen LogP) is 2.25. The summed E-state index contributed by atoms with van der Waals surface area (Å²) in [6.07, 6.45) is 1.27. The van der Waals surface area contributed by atoms with Gasteiger partial charge in [0.05, 0.1) is 6.54 Å². The number of hydrogen-bond donors (Lipinski definition) is 1. The normalized spacial score (nSPS) is 27.2. The third-order valence-corrected chi connectivity index (χ3v) is 3.67. The third-order valence-electron chi connectivity index (χ3n) is 3.67. The summed E-state index contributed by atoms with van der Waals surface area (Å²) in [5.74, 6) is 3.22. The summed E-state index contributed by atoms with van der Waals surface area (Å²) < 4.78 is 5.51. The second-order valence-electron chi connectivity index (χ2n) is 5.00. The lowest BCUT2D eigenvalue weighted by atomic mass is 9.89. The van der Waals surface area contributed by atoms with E-state index in [1.165, 1.54) is 6.42 Å². The van der Waals surface area contributed by atoms with Gasteiger partial charge in [-0.15, -0.1) is 0 Å². The molecule has 2 unspecified atom stereocenters. The van der Waals surface area contributed by atoms with Crippen LogP contribution in [0.4, 0.5) is 0 Å². The lowest BCUT2D eigenvalue weighted by molar-refractivity contribution is 0.122. The lowest BCUT2D eigenvalue weighted by Gasteiger charge is -2.34. The van der Waals surface area contributed by atoms with Crippen molar-refractivity contribution in [3.05, 3.63) is 23.7 Å². The highest BCUT2D eigenvalue weighted by molar-refractivity contribution is 5.06. The Labute approximate surface area is 97.1 Å². The fourth-order valence-corrected chi connectivity index (χ4v) is 2.31. The molecule has 1 saturated heterocycles. The van der Waals surface area contributed by atoms with Crippen LogP contribution in [0.3, 0.4) is 0 Å². The van der Waals surface area contributed by atoms with Gasteiger partial charge in [-0.05, 0) is 36.9 Å². The Hall–Kier alpha value is -0.800. The summed E-state index contributed by atoms with van der Waals surface area (Å²) in [6, 6.07) is 3.82. The molecule has 0 amide bonds. The molecule has 2 heterocycles. The Morgan fingerprint density at radius 1 is 1.31 bits per heavy atom. The number of rotatable bonds is 3. The molecule has 90 valence electrons. The first-order valence-electron chi connectivity index (χ1n) is 6.10. The van der Waals surface area contributed by atoms with E-state index in [1.807, 2.05) is 12.1 Å². The number of aliphatic hydroxyl groups is 1. The summed E-state index contributed by atoms with van der Waals surface area (Å²) in [7, 11) is 0. The van der Waals surface area contributed by atoms with Crippen molar-refractivity contribution in [3.63, 3.8) is 0 Å². The molecule has 2 rings (SSSR count). The summed E-state index contributed by atoms with van der Waals surface area (Å²) in [4.78, 5) is 2.44. The molecule has 1 aliphatic heterocycles. The van der Waals surface area contributed by atoms with Crippen molar-refractivity contribution in [2.45, 2.75) is 33.4 Å². The molecule has 0 saturated carbocycles. The molecule has 0 bridgehead atoms. The Kier molecular flexibility index (Phi) is 3.66. The van der Waals surface area contributed by atoms with Gasteiger partial charge in [-0.2, -0.15) is 0 Å². The Morgan fingerprint density at radius 3 is 2.69 bits per heavy atom. The number of furan rings is 1. The molecule has 3 nitrogen and oxygen atoms in total. The minimum atomic E-state index is -0.00651. The smallest absolute Gasteiger partial charge is 0.129 e. The van der Waals surface area contributed by atoms with Crippen molar-refractivity contribution in [3.8, 4) is 0 Å². The fraction of sp³-hybridized carbons (Fsp3) is 0.692. The van der Waals surface area contributed by atoms with E-state index in [2.05, 4.69) is 18.7 Å². The topological polar surface area (TPSA) is 36.6 Å². The van der Waals surface area contributed by atoms with Gasteiger partial charge in [0, 0.05) is 6.54 Å². The minimum Gasteiger partial charge on any atom is -0.462 e. The van der Waals surface area contributed by atoms with Crippen molar-refractivity contribution >= 4 is 0 Å². The SMILES string of the molecule is CC1CCN(Cc2ccc(CO)o2)CC1C. The second kappa shape index (κ2) is 5.02. The van der Waals surface area contributed by atoms with Crippen molar-refractivity contribution in [2.75, 3.05) is 13.1 Å². The molecule has 0 radical (unpaired) electrons. The molecule has 3 heteroatoms. The Balaban J connectivity index is 1.90. The first-order valence-corrected chi connectivity index (χ1v) is 6.10. The standard InChI is InChI=1S/C13H21NO2/c1-10-5-6-14(7-11(10)2)8-12-3-4-13(9-15)16-12/h3-4,10-11,15H,5-9H2,1-2H3. The van der Waals surface area contributed by atoms with E-state index >= 15 is 0 Å². The first-order chi connectivity index (χ1) is 7.69. The van der Waals surface area contributed by atoms with Crippen LogP contribution in [0.1, 0.15) is 31.8 Å². The van der Waals surface area contributed by atoms with Crippen LogP contribution >= 0.6 is 0 Å². The molecule has 0 spiro atoms. The van der Waals surface area contributed by atoms with E-state index in [4.69, 9.17) is 9.52 Å². The van der Waals surface area contributed by atoms with Gasteiger partial charge in [0.2, 0.25) is 0 Å². The average Bonchev–Trinajstić information content (AvgIpc) is 2.71. The molecule has 1 aliphatic rings. The van der Waals surface area contributed by atoms with E-state index in [9.17, 15) is 0 Å². The summed E-state index contributed by atoms with van der Waals surface area (Å²) in [5, 5.41) is 8.93. The van der Waals surface area contributed by atoms with Crippen LogP contribution in [0.25, 0.3) is 0 Å². The van der Waals surface area contributed by atoms with Crippen LogP contribution in [0.15, 0.2) is 16.5 Å². The number of likely N-dealkylation sites (tertiary alicyclic amines) is 1. The van der Waals surface area contributed by atoms with E-state index in [-0.39, 0.29) is 6.61 Å². The average molecular weight is 223 g/mol. The van der Waals surface area contributed by atoms with Crippen LogP contribution in [-0.2, 0) is 13.2 Å². The quantitative estimate of drug-likeness (QED) is 0.854. The third kappa shape index (κ3) is 2.66. The van der Waals surface area contributed by atoms with Crippen molar-refractivity contribution in [1.29, 1.82) is 0 Å². The van der Waals surface area contributed by atoms with E-state index < -0.39 is 0 Å². The van der Waals surface area contributed by atoms with Crippen LogP contribution in [0.5, 0.6) is 0 Å². The maximum atomic E-state index is 8.93. The predicted molar refractivity (Wildman–Crippen MR) is 62.9 cm³/mol. The van der Waals surface area contributed by atoms with Crippen LogP contribution in [0, 0.1) is 11.8 Å². The molecule has 1 fully saturated rings. The molecule has 0 aliphatic carbocycles. The van der Waals surface area contributed by atoms with Gasteiger partial charge in [-0.3, -0.25) is 4.90 Å². The molecule has 1 N–H and O–H groups in total. The van der Waals surface area contributed by atoms with Gasteiger partial charge >= 0.3 is 0 Å². The zero-order valence-corrected chi connectivity index (χ0v) is 10.1. The number of piperidine rings is 1. The van der Waals surface area contributed by atoms with Gasteiger partial charge in [0.15, 0.2) is 0 Å². The van der Waals surface area contributed by atoms with Gasteiger partial charge in [-0.1, -0.05) is 13.8 Å². The molecule has 16 heavy (non-hydrogen) atoms. The van der Waals surface area contributed by atoms with Gasteiger partial charge in [0.25, 0.3) is 0 Å². The van der Waals surface area contributed by atoms with Crippen LogP contribution in [0.2, 0.25) is 0 Å². The second-order valence-corrected chi connectivity index (χ2v) is 5.00. The van der Waals surface area contributed by atoms with Crippen LogP contribution in [-0.4, -0.2) is 23.1 Å². The molecule has 0 aromatic carbocycles. The number of hydrogen-bond acceptors (Lipinski definition) is 3. The maximum Gasteiger partial charge on any atom is 0.129 e. The molecule has 1 aromatic rings. The summed E-state index contributed by atoms with van der Waals surface area (Å²) >= 11 is 0. The highest BCUT2D eigenvalue weighted by Crippen LogP contribution is 2.24. The monoisotopic (exact) mass is 223 g/mol. The Bertz CT molecular complexity index is 334. The fourth-order valence-electron chi connectivity index (χ4n) is 2.31. The minimum absolute atomic E-state index is 0.00651.